The van der Waals surface area contributed by atoms with Crippen LogP contribution in [0.25, 0.3) is 0 Å². The number of hydrogen-bond acceptors (Lipinski definition) is 2. The van der Waals surface area contributed by atoms with E-state index in [1.807, 2.05) is 0 Å². The maximum atomic E-state index is 11.1. The predicted octanol–water partition coefficient (Wildman–Crippen LogP) is 2.25. The highest BCUT2D eigenvalue weighted by molar-refractivity contribution is 5.68. The van der Waals surface area contributed by atoms with Crippen molar-refractivity contribution in [2.24, 2.45) is 34.3 Å². The monoisotopic (exact) mass is 237 g/mol. The zero-order valence-electron chi connectivity index (χ0n) is 10.6. The summed E-state index contributed by atoms with van der Waals surface area (Å²) in [6, 6.07) is 0. The van der Waals surface area contributed by atoms with Gasteiger partial charge in [0.1, 0.15) is 0 Å². The summed E-state index contributed by atoms with van der Waals surface area (Å²) in [4.78, 5) is 11.1. The lowest BCUT2D eigenvalue weighted by molar-refractivity contribution is -0.156. The highest BCUT2D eigenvalue weighted by atomic mass is 16.4. The largest absolute Gasteiger partial charge is 0.481 e. The Bertz CT molecular complexity index is 336. The molecule has 3 aliphatic rings. The van der Waals surface area contributed by atoms with Crippen LogP contribution in [-0.4, -0.2) is 17.6 Å². The summed E-state index contributed by atoms with van der Waals surface area (Å²) in [5, 5.41) is 9.16. The molecule has 3 fully saturated rings. The molecule has 3 aliphatic carbocycles. The molecule has 0 spiro atoms. The molecule has 0 radical (unpaired) electrons. The van der Waals surface area contributed by atoms with Crippen LogP contribution in [0.1, 0.15) is 45.4 Å². The Morgan fingerprint density at radius 1 is 1.35 bits per heavy atom. The number of aliphatic carboxylic acids is 1. The third kappa shape index (κ3) is 1.19. The molecule has 0 heterocycles. The summed E-state index contributed by atoms with van der Waals surface area (Å²) in [7, 11) is 0. The van der Waals surface area contributed by atoms with E-state index in [4.69, 9.17) is 10.8 Å². The smallest absolute Gasteiger partial charge is 0.303 e. The molecule has 0 aromatic rings. The van der Waals surface area contributed by atoms with Crippen LogP contribution in [0.15, 0.2) is 0 Å². The van der Waals surface area contributed by atoms with Gasteiger partial charge >= 0.3 is 5.97 Å². The summed E-state index contributed by atoms with van der Waals surface area (Å²) < 4.78 is 0. The number of rotatable bonds is 4. The number of carbonyl (C=O) groups is 1. The van der Waals surface area contributed by atoms with Crippen molar-refractivity contribution in [3.8, 4) is 0 Å². The normalized spacial score (nSPS) is 51.1. The van der Waals surface area contributed by atoms with Crippen LogP contribution in [0.3, 0.4) is 0 Å². The van der Waals surface area contributed by atoms with E-state index < -0.39 is 5.97 Å². The van der Waals surface area contributed by atoms with E-state index in [0.29, 0.717) is 30.2 Å². The summed E-state index contributed by atoms with van der Waals surface area (Å²) >= 11 is 0. The molecule has 0 saturated heterocycles. The lowest BCUT2D eigenvalue weighted by Crippen LogP contribution is -2.59. The second kappa shape index (κ2) is 3.47. The predicted molar refractivity (Wildman–Crippen MR) is 65.4 cm³/mol. The molecular formula is C14H23NO2. The number of hydrogen-bond donors (Lipinski definition) is 2. The van der Waals surface area contributed by atoms with Crippen molar-refractivity contribution >= 4 is 5.97 Å². The van der Waals surface area contributed by atoms with Gasteiger partial charge in [0.2, 0.25) is 0 Å². The average molecular weight is 237 g/mol. The van der Waals surface area contributed by atoms with E-state index in [-0.39, 0.29) is 5.41 Å². The number of nitrogens with two attached hydrogens (primary N) is 1. The first kappa shape index (κ1) is 11.5. The maximum absolute atomic E-state index is 11.1. The van der Waals surface area contributed by atoms with Crippen LogP contribution in [0.5, 0.6) is 0 Å². The Labute approximate surface area is 103 Å². The Morgan fingerprint density at radius 2 is 1.94 bits per heavy atom. The Morgan fingerprint density at radius 3 is 2.35 bits per heavy atom. The van der Waals surface area contributed by atoms with Crippen LogP contribution in [0.4, 0.5) is 0 Å². The van der Waals surface area contributed by atoms with Gasteiger partial charge in [-0.25, -0.2) is 0 Å². The van der Waals surface area contributed by atoms with Crippen molar-refractivity contribution in [2.45, 2.75) is 45.4 Å². The second-order valence-electron chi connectivity index (χ2n) is 6.54. The molecule has 3 nitrogen and oxygen atoms in total. The minimum atomic E-state index is -0.658. The SMILES string of the molecule is CCC12CC[C@@H]3C1[C@H](CC2)C3(CN)CC(=O)O. The van der Waals surface area contributed by atoms with Crippen molar-refractivity contribution in [1.82, 2.24) is 0 Å². The quantitative estimate of drug-likeness (QED) is 0.788. The third-order valence-electron chi connectivity index (χ3n) is 6.52. The van der Waals surface area contributed by atoms with Gasteiger partial charge in [0.05, 0.1) is 6.42 Å². The zero-order valence-corrected chi connectivity index (χ0v) is 10.6. The highest BCUT2D eigenvalue weighted by Gasteiger charge is 2.71. The third-order valence-corrected chi connectivity index (χ3v) is 6.52. The second-order valence-corrected chi connectivity index (χ2v) is 6.54. The molecule has 3 heteroatoms. The molecule has 3 rings (SSSR count). The number of carboxylic acids is 1. The molecule has 0 aliphatic heterocycles. The lowest BCUT2D eigenvalue weighted by Gasteiger charge is -2.59. The molecular weight excluding hydrogens is 214 g/mol. The van der Waals surface area contributed by atoms with Gasteiger partial charge in [-0.3, -0.25) is 4.79 Å². The van der Waals surface area contributed by atoms with Gasteiger partial charge in [-0.2, -0.15) is 0 Å². The van der Waals surface area contributed by atoms with Gasteiger partial charge < -0.3 is 10.8 Å². The maximum Gasteiger partial charge on any atom is 0.303 e. The molecule has 0 aromatic carbocycles. The molecule has 0 bridgehead atoms. The zero-order chi connectivity index (χ0) is 12.3. The molecule has 3 unspecified atom stereocenters. The van der Waals surface area contributed by atoms with Gasteiger partial charge in [-0.05, 0) is 60.8 Å². The first-order valence-electron chi connectivity index (χ1n) is 7.01. The van der Waals surface area contributed by atoms with E-state index in [1.54, 1.807) is 0 Å². The first-order chi connectivity index (χ1) is 8.09. The van der Waals surface area contributed by atoms with Gasteiger partial charge in [0.15, 0.2) is 0 Å². The fourth-order valence-corrected chi connectivity index (χ4v) is 5.79. The minimum absolute atomic E-state index is 0.0517. The lowest BCUT2D eigenvalue weighted by atomic mass is 9.45. The minimum Gasteiger partial charge on any atom is -0.481 e. The van der Waals surface area contributed by atoms with Crippen LogP contribution >= 0.6 is 0 Å². The van der Waals surface area contributed by atoms with E-state index in [0.717, 1.165) is 5.92 Å². The van der Waals surface area contributed by atoms with E-state index in [2.05, 4.69) is 6.92 Å². The molecule has 0 amide bonds. The number of carboxylic acid groups (broad SMARTS) is 1. The average Bonchev–Trinajstić information content (AvgIpc) is 2.77. The van der Waals surface area contributed by atoms with Gasteiger partial charge in [0.25, 0.3) is 0 Å². The van der Waals surface area contributed by atoms with Gasteiger partial charge in [-0.15, -0.1) is 0 Å². The standard InChI is InChI=1S/C14H23NO2/c1-2-13-5-3-9-12(13)10(4-6-13)14(9,8-15)7-11(16)17/h9-10,12H,2-8,15H2,1H3,(H,16,17)/t9-,10+,12?,13?,14?. The van der Waals surface area contributed by atoms with Crippen LogP contribution in [-0.2, 0) is 4.79 Å². The molecule has 3 saturated carbocycles. The van der Waals surface area contributed by atoms with Crippen molar-refractivity contribution in [3.05, 3.63) is 0 Å². The van der Waals surface area contributed by atoms with Crippen molar-refractivity contribution in [3.63, 3.8) is 0 Å². The Balaban J connectivity index is 1.90. The van der Waals surface area contributed by atoms with E-state index in [1.165, 1.54) is 32.1 Å². The van der Waals surface area contributed by atoms with Gasteiger partial charge in [-0.1, -0.05) is 13.3 Å². The molecule has 5 atom stereocenters. The van der Waals surface area contributed by atoms with Crippen molar-refractivity contribution in [1.29, 1.82) is 0 Å². The summed E-state index contributed by atoms with van der Waals surface area (Å²) in [5.41, 5.74) is 6.49. The van der Waals surface area contributed by atoms with Gasteiger partial charge in [0, 0.05) is 0 Å². The van der Waals surface area contributed by atoms with E-state index in [9.17, 15) is 4.79 Å². The van der Waals surface area contributed by atoms with Crippen LogP contribution in [0, 0.1) is 28.6 Å². The molecule has 96 valence electrons. The summed E-state index contributed by atoms with van der Waals surface area (Å²) in [5.74, 6) is 1.36. The van der Waals surface area contributed by atoms with Crippen molar-refractivity contribution in [2.75, 3.05) is 6.54 Å². The van der Waals surface area contributed by atoms with E-state index >= 15 is 0 Å². The van der Waals surface area contributed by atoms with Crippen LogP contribution < -0.4 is 5.73 Å². The molecule has 0 aromatic heterocycles. The summed E-state index contributed by atoms with van der Waals surface area (Å²) in [6.07, 6.45) is 6.65. The summed E-state index contributed by atoms with van der Waals surface area (Å²) in [6.45, 7) is 2.88. The fourth-order valence-electron chi connectivity index (χ4n) is 5.79. The molecule has 3 N–H and O–H groups in total. The highest BCUT2D eigenvalue weighted by Crippen LogP contribution is 2.76. The fraction of sp³-hybridized carbons (Fsp3) is 0.929. The Hall–Kier alpha value is -0.570. The first-order valence-corrected chi connectivity index (χ1v) is 7.01. The topological polar surface area (TPSA) is 63.3 Å². The molecule has 17 heavy (non-hydrogen) atoms. The van der Waals surface area contributed by atoms with Crippen LogP contribution in [0.2, 0.25) is 0 Å². The Kier molecular flexibility index (Phi) is 2.35. The van der Waals surface area contributed by atoms with Crippen molar-refractivity contribution < 1.29 is 9.90 Å².